The van der Waals surface area contributed by atoms with Crippen LogP contribution in [0.25, 0.3) is 11.0 Å². The minimum Gasteiger partial charge on any atom is -0.507 e. The van der Waals surface area contributed by atoms with Gasteiger partial charge in [-0.05, 0) is 43.7 Å². The second kappa shape index (κ2) is 6.92. The minimum absolute atomic E-state index is 0.000803. The second-order valence-corrected chi connectivity index (χ2v) is 6.19. The van der Waals surface area contributed by atoms with Crippen LogP contribution in [0.3, 0.4) is 0 Å². The summed E-state index contributed by atoms with van der Waals surface area (Å²) < 4.78 is 10.7. The Morgan fingerprint density at radius 3 is 2.62 bits per heavy atom. The number of aromatic hydroxyl groups is 1. The smallest absolute Gasteiger partial charge is 0.343 e. The van der Waals surface area contributed by atoms with Crippen molar-refractivity contribution >= 4 is 16.9 Å². The van der Waals surface area contributed by atoms with E-state index in [1.165, 1.54) is 6.07 Å². The number of para-hydroxylation sites is 1. The first-order chi connectivity index (χ1) is 12.4. The molecule has 0 atom stereocenters. The maximum atomic E-state index is 12.2. The second-order valence-electron chi connectivity index (χ2n) is 6.19. The molecular weight excluding hydrogens is 336 g/mol. The predicted octanol–water partition coefficient (Wildman–Crippen LogP) is 3.57. The van der Waals surface area contributed by atoms with Crippen LogP contribution in [-0.4, -0.2) is 22.3 Å². The van der Waals surface area contributed by atoms with Crippen LogP contribution in [0.5, 0.6) is 11.5 Å². The topological polar surface area (TPSA) is 97.0 Å². The normalized spacial score (nSPS) is 11.0. The number of carbonyl (C=O) groups is 1. The van der Waals surface area contributed by atoms with Gasteiger partial charge in [-0.1, -0.05) is 18.2 Å². The number of hydrogen-bond acceptors (Lipinski definition) is 5. The lowest BCUT2D eigenvalue weighted by Crippen LogP contribution is -2.11. The van der Waals surface area contributed by atoms with Gasteiger partial charge in [-0.3, -0.25) is 0 Å². The Kier molecular flexibility index (Phi) is 4.67. The summed E-state index contributed by atoms with van der Waals surface area (Å²) in [6, 6.07) is 11.3. The van der Waals surface area contributed by atoms with Crippen molar-refractivity contribution in [1.29, 1.82) is 0 Å². The summed E-state index contributed by atoms with van der Waals surface area (Å²) in [6.45, 7) is 3.61. The van der Waals surface area contributed by atoms with Crippen molar-refractivity contribution < 1.29 is 24.2 Å². The SMILES string of the molecule is CC(C)Oc1ccc(Cc2c(O)c3ccccc3oc2=O)cc1C(=O)O. The fourth-order valence-corrected chi connectivity index (χ4v) is 2.74. The van der Waals surface area contributed by atoms with E-state index in [0.29, 0.717) is 16.5 Å². The van der Waals surface area contributed by atoms with Gasteiger partial charge in [0.2, 0.25) is 0 Å². The molecule has 0 unspecified atom stereocenters. The van der Waals surface area contributed by atoms with Crippen molar-refractivity contribution in [3.63, 3.8) is 0 Å². The summed E-state index contributed by atoms with van der Waals surface area (Å²) in [7, 11) is 0. The zero-order valence-corrected chi connectivity index (χ0v) is 14.4. The molecule has 26 heavy (non-hydrogen) atoms. The highest BCUT2D eigenvalue weighted by Crippen LogP contribution is 2.29. The summed E-state index contributed by atoms with van der Waals surface area (Å²) >= 11 is 0. The van der Waals surface area contributed by atoms with E-state index in [0.717, 1.165) is 0 Å². The largest absolute Gasteiger partial charge is 0.507 e. The molecule has 0 aliphatic rings. The highest BCUT2D eigenvalue weighted by molar-refractivity contribution is 5.91. The number of fused-ring (bicyclic) bond motifs is 1. The predicted molar refractivity (Wildman–Crippen MR) is 96.1 cm³/mol. The molecule has 134 valence electrons. The molecule has 0 bridgehead atoms. The van der Waals surface area contributed by atoms with Crippen LogP contribution in [0.4, 0.5) is 0 Å². The Labute approximate surface area is 149 Å². The monoisotopic (exact) mass is 354 g/mol. The summed E-state index contributed by atoms with van der Waals surface area (Å²) in [4.78, 5) is 23.7. The lowest BCUT2D eigenvalue weighted by molar-refractivity contribution is 0.0690. The summed E-state index contributed by atoms with van der Waals surface area (Å²) in [5.74, 6) is -1.03. The molecule has 0 spiro atoms. The van der Waals surface area contributed by atoms with E-state index < -0.39 is 11.6 Å². The third-order valence-electron chi connectivity index (χ3n) is 3.90. The minimum atomic E-state index is -1.13. The van der Waals surface area contributed by atoms with Gasteiger partial charge in [0, 0.05) is 6.42 Å². The van der Waals surface area contributed by atoms with Crippen molar-refractivity contribution in [1.82, 2.24) is 0 Å². The van der Waals surface area contributed by atoms with Crippen molar-refractivity contribution in [2.45, 2.75) is 26.4 Å². The lowest BCUT2D eigenvalue weighted by atomic mass is 10.0. The van der Waals surface area contributed by atoms with Gasteiger partial charge in [0.05, 0.1) is 17.1 Å². The van der Waals surface area contributed by atoms with Crippen LogP contribution < -0.4 is 10.4 Å². The van der Waals surface area contributed by atoms with E-state index >= 15 is 0 Å². The molecule has 0 amide bonds. The van der Waals surface area contributed by atoms with Crippen molar-refractivity contribution in [3.05, 3.63) is 69.6 Å². The first kappa shape index (κ1) is 17.5. The van der Waals surface area contributed by atoms with Gasteiger partial charge >= 0.3 is 11.6 Å². The fraction of sp³-hybridized carbons (Fsp3) is 0.200. The summed E-state index contributed by atoms with van der Waals surface area (Å²) in [5.41, 5.74) is 0.279. The summed E-state index contributed by atoms with van der Waals surface area (Å²) in [5, 5.41) is 20.3. The van der Waals surface area contributed by atoms with Crippen LogP contribution in [0.1, 0.15) is 35.3 Å². The Morgan fingerprint density at radius 2 is 1.92 bits per heavy atom. The van der Waals surface area contributed by atoms with Gasteiger partial charge < -0.3 is 19.4 Å². The zero-order valence-electron chi connectivity index (χ0n) is 14.4. The third kappa shape index (κ3) is 3.39. The molecule has 6 heteroatoms. The first-order valence-corrected chi connectivity index (χ1v) is 8.13. The number of hydrogen-bond donors (Lipinski definition) is 2. The van der Waals surface area contributed by atoms with Gasteiger partial charge in [-0.2, -0.15) is 0 Å². The quantitative estimate of drug-likeness (QED) is 0.680. The molecule has 2 aromatic carbocycles. The third-order valence-corrected chi connectivity index (χ3v) is 3.90. The van der Waals surface area contributed by atoms with Crippen LogP contribution >= 0.6 is 0 Å². The Balaban J connectivity index is 2.04. The average molecular weight is 354 g/mol. The molecule has 2 N–H and O–H groups in total. The van der Waals surface area contributed by atoms with E-state index in [2.05, 4.69) is 0 Å². The average Bonchev–Trinajstić information content (AvgIpc) is 2.59. The molecule has 0 saturated carbocycles. The maximum Gasteiger partial charge on any atom is 0.343 e. The van der Waals surface area contributed by atoms with Gasteiger partial charge in [0.25, 0.3) is 0 Å². The number of carboxylic acid groups (broad SMARTS) is 1. The Hall–Kier alpha value is -3.28. The highest BCUT2D eigenvalue weighted by atomic mass is 16.5. The van der Waals surface area contributed by atoms with Crippen LogP contribution in [-0.2, 0) is 6.42 Å². The molecule has 3 aromatic rings. The molecule has 0 aliphatic heterocycles. The van der Waals surface area contributed by atoms with E-state index in [9.17, 15) is 19.8 Å². The van der Waals surface area contributed by atoms with Gasteiger partial charge in [0.1, 0.15) is 22.6 Å². The van der Waals surface area contributed by atoms with E-state index in [-0.39, 0.29) is 35.2 Å². The molecule has 1 aromatic heterocycles. The zero-order chi connectivity index (χ0) is 18.8. The molecular formula is C20H18O6. The number of benzene rings is 2. The van der Waals surface area contributed by atoms with E-state index in [1.54, 1.807) is 50.2 Å². The standard InChI is InChI=1S/C20H18O6/c1-11(2)25-17-8-7-12(9-14(17)19(22)23)10-15-18(21)13-5-3-4-6-16(13)26-20(15)24/h3-9,11,21H,10H2,1-2H3,(H,22,23). The van der Waals surface area contributed by atoms with E-state index in [4.69, 9.17) is 9.15 Å². The number of aromatic carboxylic acids is 1. The number of ether oxygens (including phenoxy) is 1. The van der Waals surface area contributed by atoms with Gasteiger partial charge in [-0.15, -0.1) is 0 Å². The molecule has 0 aliphatic carbocycles. The maximum absolute atomic E-state index is 12.2. The number of rotatable bonds is 5. The highest BCUT2D eigenvalue weighted by Gasteiger charge is 2.17. The molecule has 6 nitrogen and oxygen atoms in total. The van der Waals surface area contributed by atoms with Crippen LogP contribution in [0.2, 0.25) is 0 Å². The lowest BCUT2D eigenvalue weighted by Gasteiger charge is -2.13. The summed E-state index contributed by atoms with van der Waals surface area (Å²) in [6.07, 6.45) is -0.128. The van der Waals surface area contributed by atoms with Crippen LogP contribution in [0, 0.1) is 0 Å². The first-order valence-electron chi connectivity index (χ1n) is 8.13. The van der Waals surface area contributed by atoms with Crippen molar-refractivity contribution in [2.24, 2.45) is 0 Å². The van der Waals surface area contributed by atoms with Crippen LogP contribution in [0.15, 0.2) is 51.7 Å². The Morgan fingerprint density at radius 1 is 1.19 bits per heavy atom. The van der Waals surface area contributed by atoms with Gasteiger partial charge in [0.15, 0.2) is 0 Å². The molecule has 0 fully saturated rings. The molecule has 0 saturated heterocycles. The molecule has 1 heterocycles. The number of carboxylic acids is 1. The molecule has 3 rings (SSSR count). The van der Waals surface area contributed by atoms with Crippen molar-refractivity contribution in [2.75, 3.05) is 0 Å². The van der Waals surface area contributed by atoms with E-state index in [1.807, 2.05) is 0 Å². The molecule has 0 radical (unpaired) electrons. The van der Waals surface area contributed by atoms with Crippen molar-refractivity contribution in [3.8, 4) is 11.5 Å². The Bertz CT molecular complexity index is 1030. The van der Waals surface area contributed by atoms with Gasteiger partial charge in [-0.25, -0.2) is 9.59 Å². The fourth-order valence-electron chi connectivity index (χ4n) is 2.74.